The molecule has 1 aliphatic carbocycles. The molecule has 1 atom stereocenters. The predicted molar refractivity (Wildman–Crippen MR) is 138 cm³/mol. The molecule has 5 nitrogen and oxygen atoms in total. The van der Waals surface area contributed by atoms with Gasteiger partial charge in [0, 0.05) is 11.6 Å². The van der Waals surface area contributed by atoms with Crippen molar-refractivity contribution in [3.8, 4) is 22.5 Å². The number of carbonyl (C=O) groups is 1. The molecule has 5 rings (SSSR count). The van der Waals surface area contributed by atoms with E-state index in [0.717, 1.165) is 52.0 Å². The first-order valence-corrected chi connectivity index (χ1v) is 12.3. The van der Waals surface area contributed by atoms with E-state index in [4.69, 9.17) is 4.52 Å². The molecule has 4 aromatic rings. The number of hydrogen-bond acceptors (Lipinski definition) is 4. The van der Waals surface area contributed by atoms with Gasteiger partial charge in [-0.2, -0.15) is 0 Å². The zero-order valence-corrected chi connectivity index (χ0v) is 20.4. The number of nitrogens with zero attached hydrogens (tertiary/aromatic N) is 1. The van der Waals surface area contributed by atoms with E-state index < -0.39 is 11.4 Å². The Kier molecular flexibility index (Phi) is 6.35. The lowest BCUT2D eigenvalue weighted by molar-refractivity contribution is -0.140. The summed E-state index contributed by atoms with van der Waals surface area (Å²) >= 11 is 0. The van der Waals surface area contributed by atoms with Crippen LogP contribution >= 0.6 is 0 Å². The van der Waals surface area contributed by atoms with Crippen LogP contribution in [-0.4, -0.2) is 22.3 Å². The van der Waals surface area contributed by atoms with Crippen LogP contribution in [0.2, 0.25) is 0 Å². The topological polar surface area (TPSA) is 75.4 Å². The number of hydrogen-bond donors (Lipinski definition) is 2. The molecule has 0 radical (unpaired) electrons. The van der Waals surface area contributed by atoms with Gasteiger partial charge in [-0.25, -0.2) is 4.39 Å². The minimum atomic E-state index is -0.741. The third-order valence-corrected chi connectivity index (χ3v) is 7.09. The van der Waals surface area contributed by atoms with Crippen LogP contribution in [0.1, 0.15) is 43.0 Å². The molecule has 36 heavy (non-hydrogen) atoms. The summed E-state index contributed by atoms with van der Waals surface area (Å²) in [6, 6.07) is 22.8. The van der Waals surface area contributed by atoms with Crippen LogP contribution < -0.4 is 5.32 Å². The monoisotopic (exact) mass is 484 g/mol. The van der Waals surface area contributed by atoms with Gasteiger partial charge in [0.15, 0.2) is 5.76 Å². The van der Waals surface area contributed by atoms with Crippen LogP contribution in [-0.2, 0) is 16.6 Å². The van der Waals surface area contributed by atoms with Gasteiger partial charge in [0.2, 0.25) is 0 Å². The maximum Gasteiger partial charge on any atom is 0.314 e. The molecule has 6 heteroatoms. The molecule has 1 fully saturated rings. The van der Waals surface area contributed by atoms with Crippen molar-refractivity contribution in [2.45, 2.75) is 51.0 Å². The van der Waals surface area contributed by atoms with Gasteiger partial charge in [-0.05, 0) is 73.9 Å². The highest BCUT2D eigenvalue weighted by molar-refractivity contribution is 5.85. The van der Waals surface area contributed by atoms with E-state index in [-0.39, 0.29) is 11.9 Å². The number of aromatic nitrogens is 1. The fourth-order valence-corrected chi connectivity index (χ4v) is 4.68. The van der Waals surface area contributed by atoms with Gasteiger partial charge in [0.05, 0.1) is 5.41 Å². The number of nitrogens with one attached hydrogen (secondary N) is 1. The van der Waals surface area contributed by atoms with Crippen molar-refractivity contribution in [2.24, 2.45) is 0 Å². The molecule has 2 N–H and O–H groups in total. The van der Waals surface area contributed by atoms with Crippen LogP contribution in [0.15, 0.2) is 77.3 Å². The Hall–Kier alpha value is -3.93. The minimum absolute atomic E-state index is 0.142. The van der Waals surface area contributed by atoms with E-state index in [9.17, 15) is 14.3 Å². The lowest BCUT2D eigenvalue weighted by Crippen LogP contribution is -2.19. The SMILES string of the molecule is Cc1noc(-c2ccc(-c3ccc(C4(C(=O)O)CC4)cc3)cc2)c1NC(C)CCc1cccc(F)c1. The largest absolute Gasteiger partial charge is 0.481 e. The summed E-state index contributed by atoms with van der Waals surface area (Å²) in [7, 11) is 0. The fourth-order valence-electron chi connectivity index (χ4n) is 4.68. The first-order chi connectivity index (χ1) is 17.4. The zero-order chi connectivity index (χ0) is 25.3. The number of carboxylic acids is 1. The Balaban J connectivity index is 1.28. The Morgan fingerprint density at radius 1 is 1.06 bits per heavy atom. The van der Waals surface area contributed by atoms with Crippen molar-refractivity contribution in [1.29, 1.82) is 0 Å². The summed E-state index contributed by atoms with van der Waals surface area (Å²) in [6.07, 6.45) is 3.01. The summed E-state index contributed by atoms with van der Waals surface area (Å²) < 4.78 is 19.1. The zero-order valence-electron chi connectivity index (χ0n) is 20.4. The van der Waals surface area contributed by atoms with E-state index in [0.29, 0.717) is 18.6 Å². The van der Waals surface area contributed by atoms with Gasteiger partial charge in [-0.1, -0.05) is 65.8 Å². The van der Waals surface area contributed by atoms with Crippen molar-refractivity contribution in [2.75, 3.05) is 5.32 Å². The van der Waals surface area contributed by atoms with Gasteiger partial charge in [-0.3, -0.25) is 4.79 Å². The number of aryl methyl sites for hydroxylation is 2. The van der Waals surface area contributed by atoms with Gasteiger partial charge >= 0.3 is 5.97 Å². The molecule has 0 bridgehead atoms. The standard InChI is InChI=1S/C30H29FN2O3/c1-19(6-7-21-4-3-5-26(31)18-21)32-27-20(2)33-36-28(27)24-10-8-22(9-11-24)23-12-14-25(15-13-23)30(16-17-30)29(34)35/h3-5,8-15,18-19,32H,6-7,16-17H2,1-2H3,(H,34,35). The molecule has 0 aliphatic heterocycles. The smallest absolute Gasteiger partial charge is 0.314 e. The van der Waals surface area contributed by atoms with Gasteiger partial charge < -0.3 is 14.9 Å². The molecular formula is C30H29FN2O3. The van der Waals surface area contributed by atoms with E-state index in [1.807, 2.05) is 61.5 Å². The van der Waals surface area contributed by atoms with E-state index >= 15 is 0 Å². The average Bonchev–Trinajstić information content (AvgIpc) is 3.63. The van der Waals surface area contributed by atoms with Crippen LogP contribution in [0, 0.1) is 12.7 Å². The average molecular weight is 485 g/mol. The summed E-state index contributed by atoms with van der Waals surface area (Å²) in [5, 5.41) is 17.2. The molecule has 1 heterocycles. The van der Waals surface area contributed by atoms with Gasteiger partial charge in [-0.15, -0.1) is 0 Å². The molecule has 0 amide bonds. The molecule has 1 unspecified atom stereocenters. The van der Waals surface area contributed by atoms with Crippen molar-refractivity contribution in [3.05, 3.63) is 95.4 Å². The van der Waals surface area contributed by atoms with E-state index in [1.54, 1.807) is 12.1 Å². The second kappa shape index (κ2) is 9.61. The molecule has 184 valence electrons. The number of rotatable bonds is 9. The van der Waals surface area contributed by atoms with Crippen molar-refractivity contribution in [1.82, 2.24) is 5.16 Å². The Morgan fingerprint density at radius 3 is 2.31 bits per heavy atom. The molecule has 1 saturated carbocycles. The summed E-state index contributed by atoms with van der Waals surface area (Å²) in [4.78, 5) is 11.6. The fraction of sp³-hybridized carbons (Fsp3) is 0.267. The van der Waals surface area contributed by atoms with Crippen LogP contribution in [0.5, 0.6) is 0 Å². The quantitative estimate of drug-likeness (QED) is 0.267. The second-order valence-corrected chi connectivity index (χ2v) is 9.73. The lowest BCUT2D eigenvalue weighted by Gasteiger charge is -2.15. The Morgan fingerprint density at radius 2 is 1.69 bits per heavy atom. The molecular weight excluding hydrogens is 455 g/mol. The first-order valence-electron chi connectivity index (χ1n) is 12.3. The van der Waals surface area contributed by atoms with Crippen molar-refractivity contribution >= 4 is 11.7 Å². The first kappa shape index (κ1) is 23.8. The van der Waals surface area contributed by atoms with Crippen molar-refractivity contribution in [3.63, 3.8) is 0 Å². The highest BCUT2D eigenvalue weighted by Gasteiger charge is 2.51. The van der Waals surface area contributed by atoms with E-state index in [2.05, 4.69) is 17.4 Å². The number of aliphatic carboxylic acids is 1. The molecule has 0 saturated heterocycles. The lowest BCUT2D eigenvalue weighted by atomic mass is 9.93. The van der Waals surface area contributed by atoms with Crippen LogP contribution in [0.25, 0.3) is 22.5 Å². The second-order valence-electron chi connectivity index (χ2n) is 9.73. The highest BCUT2D eigenvalue weighted by atomic mass is 19.1. The molecule has 1 aromatic heterocycles. The molecule has 0 spiro atoms. The third kappa shape index (κ3) is 4.76. The van der Waals surface area contributed by atoms with Gasteiger partial charge in [0.25, 0.3) is 0 Å². The Bertz CT molecular complexity index is 1370. The third-order valence-electron chi connectivity index (χ3n) is 7.09. The minimum Gasteiger partial charge on any atom is -0.481 e. The van der Waals surface area contributed by atoms with Gasteiger partial charge in [0.1, 0.15) is 17.2 Å². The Labute approximate surface area is 210 Å². The summed E-state index contributed by atoms with van der Waals surface area (Å²) in [5.74, 6) is -0.268. The maximum atomic E-state index is 13.5. The maximum absolute atomic E-state index is 13.5. The molecule has 1 aliphatic rings. The number of anilines is 1. The molecule has 3 aromatic carbocycles. The van der Waals surface area contributed by atoms with Crippen LogP contribution in [0.3, 0.4) is 0 Å². The normalized spacial score (nSPS) is 14.9. The summed E-state index contributed by atoms with van der Waals surface area (Å²) in [6.45, 7) is 4.01. The van der Waals surface area contributed by atoms with E-state index in [1.165, 1.54) is 6.07 Å². The van der Waals surface area contributed by atoms with Crippen molar-refractivity contribution < 1.29 is 18.8 Å². The number of carboxylic acid groups (broad SMARTS) is 1. The van der Waals surface area contributed by atoms with Crippen LogP contribution in [0.4, 0.5) is 10.1 Å². The number of halogens is 1. The predicted octanol–water partition coefficient (Wildman–Crippen LogP) is 7.01. The highest BCUT2D eigenvalue weighted by Crippen LogP contribution is 2.48. The number of benzene rings is 3. The summed E-state index contributed by atoms with van der Waals surface area (Å²) in [5.41, 5.74) is 5.80.